The lowest BCUT2D eigenvalue weighted by atomic mass is 10.4. The van der Waals surface area contributed by atoms with Gasteiger partial charge >= 0.3 is 0 Å². The molecule has 0 unspecified atom stereocenters. The van der Waals surface area contributed by atoms with E-state index in [1.165, 1.54) is 6.33 Å². The Hall–Kier alpha value is -1.56. The van der Waals surface area contributed by atoms with E-state index >= 15 is 0 Å². The Kier molecular flexibility index (Phi) is 4.62. The summed E-state index contributed by atoms with van der Waals surface area (Å²) >= 11 is 0. The lowest BCUT2D eigenvalue weighted by Gasteiger charge is -2.11. The van der Waals surface area contributed by atoms with Crippen molar-refractivity contribution in [3.05, 3.63) is 6.33 Å². The molecule has 0 spiro atoms. The maximum absolute atomic E-state index is 8.66. The van der Waals surface area contributed by atoms with Gasteiger partial charge in [-0.2, -0.15) is 0 Å². The minimum absolute atomic E-state index is 0.152. The molecule has 6 nitrogen and oxygen atoms in total. The summed E-state index contributed by atoms with van der Waals surface area (Å²) < 4.78 is 5.19. The summed E-state index contributed by atoms with van der Waals surface area (Å²) in [5.74, 6) is 1.85. The van der Waals surface area contributed by atoms with Gasteiger partial charge in [-0.15, -0.1) is 0 Å². The zero-order valence-corrected chi connectivity index (χ0v) is 8.95. The molecule has 1 aromatic rings. The van der Waals surface area contributed by atoms with Crippen LogP contribution >= 0.6 is 0 Å². The van der Waals surface area contributed by atoms with Crippen molar-refractivity contribution in [3.8, 4) is 5.75 Å². The number of ether oxygens (including phenoxy) is 1. The summed E-state index contributed by atoms with van der Waals surface area (Å²) in [6, 6.07) is 0. The molecule has 1 aromatic heterocycles. The molecule has 1 heterocycles. The van der Waals surface area contributed by atoms with E-state index in [0.29, 0.717) is 30.4 Å². The average Bonchev–Trinajstić information content (AvgIpc) is 2.29. The number of anilines is 2. The van der Waals surface area contributed by atoms with Crippen molar-refractivity contribution in [2.45, 2.75) is 6.42 Å². The predicted octanol–water partition coefficient (Wildman–Crippen LogP) is 0.321. The largest absolute Gasteiger partial charge is 0.490 e. The topological polar surface area (TPSA) is 79.3 Å². The number of aliphatic hydroxyl groups is 1. The van der Waals surface area contributed by atoms with Crippen molar-refractivity contribution in [1.29, 1.82) is 0 Å². The van der Waals surface area contributed by atoms with Gasteiger partial charge in [-0.1, -0.05) is 0 Å². The Balaban J connectivity index is 2.76. The first-order valence-electron chi connectivity index (χ1n) is 4.75. The summed E-state index contributed by atoms with van der Waals surface area (Å²) in [5, 5.41) is 14.6. The van der Waals surface area contributed by atoms with Crippen molar-refractivity contribution in [2.24, 2.45) is 0 Å². The van der Waals surface area contributed by atoms with Gasteiger partial charge in [0.05, 0.1) is 7.11 Å². The maximum Gasteiger partial charge on any atom is 0.204 e. The fraction of sp³-hybridized carbons (Fsp3) is 0.556. The van der Waals surface area contributed by atoms with Crippen LogP contribution in [0.15, 0.2) is 6.33 Å². The van der Waals surface area contributed by atoms with Gasteiger partial charge in [0.25, 0.3) is 0 Å². The van der Waals surface area contributed by atoms with E-state index < -0.39 is 0 Å². The van der Waals surface area contributed by atoms with E-state index in [1.807, 2.05) is 0 Å². The molecule has 84 valence electrons. The zero-order valence-electron chi connectivity index (χ0n) is 8.95. The van der Waals surface area contributed by atoms with Crippen molar-refractivity contribution in [2.75, 3.05) is 37.9 Å². The van der Waals surface area contributed by atoms with Gasteiger partial charge in [0.15, 0.2) is 11.6 Å². The molecule has 0 aliphatic rings. The molecule has 0 bridgehead atoms. The van der Waals surface area contributed by atoms with Crippen molar-refractivity contribution in [1.82, 2.24) is 9.97 Å². The van der Waals surface area contributed by atoms with Crippen LogP contribution in [0, 0.1) is 0 Å². The van der Waals surface area contributed by atoms with E-state index in [-0.39, 0.29) is 6.61 Å². The molecule has 3 N–H and O–H groups in total. The van der Waals surface area contributed by atoms with Crippen molar-refractivity contribution < 1.29 is 9.84 Å². The molecule has 1 rings (SSSR count). The van der Waals surface area contributed by atoms with Gasteiger partial charge < -0.3 is 20.5 Å². The monoisotopic (exact) mass is 212 g/mol. The van der Waals surface area contributed by atoms with Crippen LogP contribution in [0.4, 0.5) is 11.6 Å². The van der Waals surface area contributed by atoms with Crippen LogP contribution < -0.4 is 15.4 Å². The van der Waals surface area contributed by atoms with Crippen molar-refractivity contribution in [3.63, 3.8) is 0 Å². The molecule has 0 fully saturated rings. The first-order chi connectivity index (χ1) is 7.33. The van der Waals surface area contributed by atoms with Crippen molar-refractivity contribution >= 4 is 11.6 Å². The third kappa shape index (κ3) is 2.95. The molecule has 0 aromatic carbocycles. The molecule has 0 saturated heterocycles. The highest BCUT2D eigenvalue weighted by atomic mass is 16.5. The standard InChI is InChI=1S/C9H16N4O2/c1-10-8-7(15-2)9(13-6-12-8)11-4-3-5-14/h6,14H,3-5H2,1-2H3,(H2,10,11,12,13). The number of methoxy groups -OCH3 is 1. The summed E-state index contributed by atoms with van der Waals surface area (Å²) in [6.07, 6.45) is 2.12. The zero-order chi connectivity index (χ0) is 11.1. The molecule has 0 amide bonds. The van der Waals surface area contributed by atoms with Crippen LogP contribution in [0.2, 0.25) is 0 Å². The van der Waals surface area contributed by atoms with Gasteiger partial charge in [0.2, 0.25) is 5.75 Å². The van der Waals surface area contributed by atoms with Gasteiger partial charge in [-0.25, -0.2) is 9.97 Å². The second-order valence-corrected chi connectivity index (χ2v) is 2.86. The normalized spacial score (nSPS) is 9.80. The molecule has 0 atom stereocenters. The summed E-state index contributed by atoms with van der Waals surface area (Å²) in [7, 11) is 3.33. The van der Waals surface area contributed by atoms with E-state index in [4.69, 9.17) is 9.84 Å². The molecule has 0 radical (unpaired) electrons. The van der Waals surface area contributed by atoms with E-state index in [0.717, 1.165) is 0 Å². The quantitative estimate of drug-likeness (QED) is 0.589. The average molecular weight is 212 g/mol. The number of aromatic nitrogens is 2. The second kappa shape index (κ2) is 6.02. The molecule has 6 heteroatoms. The van der Waals surface area contributed by atoms with Crippen LogP contribution in [-0.4, -0.2) is 42.4 Å². The Morgan fingerprint density at radius 2 is 2.13 bits per heavy atom. The second-order valence-electron chi connectivity index (χ2n) is 2.86. The summed E-state index contributed by atoms with van der Waals surface area (Å²) in [6.45, 7) is 0.798. The van der Waals surface area contributed by atoms with Crippen LogP contribution in [0.5, 0.6) is 5.75 Å². The first-order valence-corrected chi connectivity index (χ1v) is 4.75. The van der Waals surface area contributed by atoms with Gasteiger partial charge in [-0.3, -0.25) is 0 Å². The summed E-state index contributed by atoms with van der Waals surface area (Å²) in [5.41, 5.74) is 0. The minimum atomic E-state index is 0.152. The Labute approximate surface area is 88.7 Å². The van der Waals surface area contributed by atoms with E-state index in [1.54, 1.807) is 14.2 Å². The third-order valence-corrected chi connectivity index (χ3v) is 1.87. The lowest BCUT2D eigenvalue weighted by Crippen LogP contribution is -2.08. The number of hydrogen-bond donors (Lipinski definition) is 3. The number of hydrogen-bond acceptors (Lipinski definition) is 6. The Bertz CT molecular complexity index is 306. The fourth-order valence-electron chi connectivity index (χ4n) is 1.16. The highest BCUT2D eigenvalue weighted by molar-refractivity contribution is 5.63. The number of nitrogens with zero attached hydrogens (tertiary/aromatic N) is 2. The lowest BCUT2D eigenvalue weighted by molar-refractivity contribution is 0.292. The van der Waals surface area contributed by atoms with Gasteiger partial charge in [0.1, 0.15) is 6.33 Å². The SMILES string of the molecule is CNc1ncnc(NCCCO)c1OC. The number of aliphatic hydroxyl groups excluding tert-OH is 1. The summed E-state index contributed by atoms with van der Waals surface area (Å²) in [4.78, 5) is 8.08. The van der Waals surface area contributed by atoms with Crippen LogP contribution in [0.3, 0.4) is 0 Å². The highest BCUT2D eigenvalue weighted by Crippen LogP contribution is 2.28. The molecule has 0 aliphatic carbocycles. The molecular weight excluding hydrogens is 196 g/mol. The fourth-order valence-corrected chi connectivity index (χ4v) is 1.16. The number of rotatable bonds is 6. The molecule has 15 heavy (non-hydrogen) atoms. The minimum Gasteiger partial charge on any atom is -0.490 e. The number of nitrogens with one attached hydrogen (secondary N) is 2. The van der Waals surface area contributed by atoms with Crippen LogP contribution in [0.25, 0.3) is 0 Å². The maximum atomic E-state index is 8.66. The molecule has 0 aliphatic heterocycles. The van der Waals surface area contributed by atoms with Crippen LogP contribution in [0.1, 0.15) is 6.42 Å². The van der Waals surface area contributed by atoms with Gasteiger partial charge in [-0.05, 0) is 6.42 Å². The Morgan fingerprint density at radius 1 is 1.40 bits per heavy atom. The molecular formula is C9H16N4O2. The third-order valence-electron chi connectivity index (χ3n) is 1.87. The van der Waals surface area contributed by atoms with Gasteiger partial charge in [0, 0.05) is 20.2 Å². The van der Waals surface area contributed by atoms with Crippen LogP contribution in [-0.2, 0) is 0 Å². The smallest absolute Gasteiger partial charge is 0.204 e. The predicted molar refractivity (Wildman–Crippen MR) is 58.3 cm³/mol. The molecule has 0 saturated carbocycles. The first kappa shape index (κ1) is 11.5. The van der Waals surface area contributed by atoms with E-state index in [9.17, 15) is 0 Å². The highest BCUT2D eigenvalue weighted by Gasteiger charge is 2.09. The van der Waals surface area contributed by atoms with E-state index in [2.05, 4.69) is 20.6 Å². The Morgan fingerprint density at radius 3 is 2.73 bits per heavy atom.